The Balaban J connectivity index is 1.74. The van der Waals surface area contributed by atoms with Gasteiger partial charge in [0.2, 0.25) is 0 Å². The number of likely N-dealkylation sites (tertiary alicyclic amines) is 1. The summed E-state index contributed by atoms with van der Waals surface area (Å²) in [5, 5.41) is 3.76. The van der Waals surface area contributed by atoms with Crippen molar-refractivity contribution >= 4 is 0 Å². The Bertz CT molecular complexity index is 223. The molecule has 100 valence electrons. The second-order valence-corrected chi connectivity index (χ2v) is 6.45. The van der Waals surface area contributed by atoms with E-state index in [0.29, 0.717) is 0 Å². The van der Waals surface area contributed by atoms with Gasteiger partial charge in [0.25, 0.3) is 0 Å². The molecule has 0 aromatic rings. The molecule has 1 saturated heterocycles. The lowest BCUT2D eigenvalue weighted by atomic mass is 9.95. The van der Waals surface area contributed by atoms with E-state index in [0.717, 1.165) is 23.8 Å². The van der Waals surface area contributed by atoms with Crippen LogP contribution in [-0.2, 0) is 0 Å². The summed E-state index contributed by atoms with van der Waals surface area (Å²) in [7, 11) is 0. The van der Waals surface area contributed by atoms with Crippen LogP contribution in [-0.4, -0.2) is 37.1 Å². The normalized spacial score (nSPS) is 27.9. The van der Waals surface area contributed by atoms with Crippen LogP contribution in [0, 0.1) is 17.8 Å². The second kappa shape index (κ2) is 6.19. The highest BCUT2D eigenvalue weighted by molar-refractivity contribution is 4.90. The Hall–Kier alpha value is -0.0800. The number of hydrogen-bond acceptors (Lipinski definition) is 2. The summed E-state index contributed by atoms with van der Waals surface area (Å²) in [6, 6.07) is 0.779. The van der Waals surface area contributed by atoms with Gasteiger partial charge in [-0.05, 0) is 56.5 Å². The van der Waals surface area contributed by atoms with Gasteiger partial charge in [-0.25, -0.2) is 0 Å². The fourth-order valence-corrected chi connectivity index (χ4v) is 3.06. The zero-order chi connectivity index (χ0) is 12.3. The van der Waals surface area contributed by atoms with Crippen LogP contribution >= 0.6 is 0 Å². The molecule has 2 heteroatoms. The molecule has 2 rings (SSSR count). The summed E-state index contributed by atoms with van der Waals surface area (Å²) < 4.78 is 0. The topological polar surface area (TPSA) is 15.3 Å². The summed E-state index contributed by atoms with van der Waals surface area (Å²) in [6.45, 7) is 12.2. The monoisotopic (exact) mass is 238 g/mol. The second-order valence-electron chi connectivity index (χ2n) is 6.45. The van der Waals surface area contributed by atoms with Crippen LogP contribution < -0.4 is 5.32 Å². The van der Waals surface area contributed by atoms with Gasteiger partial charge in [-0.3, -0.25) is 0 Å². The molecule has 1 aliphatic carbocycles. The van der Waals surface area contributed by atoms with E-state index >= 15 is 0 Å². The maximum absolute atomic E-state index is 3.76. The molecule has 2 unspecified atom stereocenters. The van der Waals surface area contributed by atoms with Crippen LogP contribution in [0.25, 0.3) is 0 Å². The van der Waals surface area contributed by atoms with Gasteiger partial charge in [0, 0.05) is 19.1 Å². The third kappa shape index (κ3) is 3.96. The van der Waals surface area contributed by atoms with E-state index in [1.807, 2.05) is 0 Å². The summed E-state index contributed by atoms with van der Waals surface area (Å²) >= 11 is 0. The molecule has 2 nitrogen and oxygen atoms in total. The Morgan fingerprint density at radius 1 is 1.18 bits per heavy atom. The van der Waals surface area contributed by atoms with Crippen LogP contribution in [0.4, 0.5) is 0 Å². The quantitative estimate of drug-likeness (QED) is 0.733. The van der Waals surface area contributed by atoms with Crippen LogP contribution in [0.5, 0.6) is 0 Å². The van der Waals surface area contributed by atoms with Gasteiger partial charge in [0.15, 0.2) is 0 Å². The van der Waals surface area contributed by atoms with Gasteiger partial charge in [-0.2, -0.15) is 0 Å². The van der Waals surface area contributed by atoms with E-state index in [9.17, 15) is 0 Å². The Kier molecular flexibility index (Phi) is 4.87. The van der Waals surface area contributed by atoms with Gasteiger partial charge in [0.1, 0.15) is 0 Å². The molecule has 1 saturated carbocycles. The summed E-state index contributed by atoms with van der Waals surface area (Å²) in [6.07, 6.45) is 5.60. The first-order chi connectivity index (χ1) is 8.20. The standard InChI is InChI=1S/C15H30N2/c1-4-8-16-15(13-5-6-13)11-17-9-7-14(10-17)12(2)3/h12-16H,4-11H2,1-3H3. The molecular weight excluding hydrogens is 208 g/mol. The van der Waals surface area contributed by atoms with Crippen molar-refractivity contribution in [2.45, 2.75) is 52.5 Å². The van der Waals surface area contributed by atoms with Crippen LogP contribution in [0.1, 0.15) is 46.5 Å². The first-order valence-electron chi connectivity index (χ1n) is 7.66. The summed E-state index contributed by atoms with van der Waals surface area (Å²) in [5.74, 6) is 2.80. The third-order valence-electron chi connectivity index (χ3n) is 4.55. The van der Waals surface area contributed by atoms with Crippen molar-refractivity contribution < 1.29 is 0 Å². The van der Waals surface area contributed by atoms with Gasteiger partial charge < -0.3 is 10.2 Å². The van der Waals surface area contributed by atoms with Crippen LogP contribution in [0.3, 0.4) is 0 Å². The molecule has 0 spiro atoms. The highest BCUT2D eigenvalue weighted by Gasteiger charge is 2.34. The maximum Gasteiger partial charge on any atom is 0.0223 e. The molecule has 0 radical (unpaired) electrons. The van der Waals surface area contributed by atoms with E-state index in [1.165, 1.54) is 51.9 Å². The number of nitrogens with one attached hydrogen (secondary N) is 1. The lowest BCUT2D eigenvalue weighted by Crippen LogP contribution is -2.42. The van der Waals surface area contributed by atoms with Crippen molar-refractivity contribution in [2.24, 2.45) is 17.8 Å². The first kappa shape index (κ1) is 13.4. The molecule has 2 aliphatic rings. The summed E-state index contributed by atoms with van der Waals surface area (Å²) in [5.41, 5.74) is 0. The van der Waals surface area contributed by atoms with Crippen molar-refractivity contribution in [1.82, 2.24) is 10.2 Å². The van der Waals surface area contributed by atoms with E-state index < -0.39 is 0 Å². The van der Waals surface area contributed by atoms with E-state index in [2.05, 4.69) is 31.0 Å². The lowest BCUT2D eigenvalue weighted by molar-refractivity contribution is 0.257. The number of nitrogens with zero attached hydrogens (tertiary/aromatic N) is 1. The molecule has 1 aliphatic heterocycles. The average molecular weight is 238 g/mol. The smallest absolute Gasteiger partial charge is 0.0223 e. The Morgan fingerprint density at radius 3 is 2.47 bits per heavy atom. The Labute approximate surface area is 107 Å². The minimum absolute atomic E-state index is 0.779. The van der Waals surface area contributed by atoms with Crippen molar-refractivity contribution in [2.75, 3.05) is 26.2 Å². The Morgan fingerprint density at radius 2 is 1.94 bits per heavy atom. The SMILES string of the molecule is CCCNC(CN1CCC(C(C)C)C1)C1CC1. The molecule has 0 bridgehead atoms. The van der Waals surface area contributed by atoms with Crippen LogP contribution in [0.15, 0.2) is 0 Å². The van der Waals surface area contributed by atoms with Crippen molar-refractivity contribution in [3.63, 3.8) is 0 Å². The number of hydrogen-bond donors (Lipinski definition) is 1. The molecule has 0 aromatic carbocycles. The minimum Gasteiger partial charge on any atom is -0.312 e. The van der Waals surface area contributed by atoms with Gasteiger partial charge in [-0.15, -0.1) is 0 Å². The van der Waals surface area contributed by atoms with E-state index in [-0.39, 0.29) is 0 Å². The molecule has 0 aromatic heterocycles. The van der Waals surface area contributed by atoms with E-state index in [1.54, 1.807) is 0 Å². The molecule has 17 heavy (non-hydrogen) atoms. The highest BCUT2D eigenvalue weighted by Crippen LogP contribution is 2.34. The third-order valence-corrected chi connectivity index (χ3v) is 4.55. The summed E-state index contributed by atoms with van der Waals surface area (Å²) in [4.78, 5) is 2.70. The first-order valence-corrected chi connectivity index (χ1v) is 7.66. The van der Waals surface area contributed by atoms with Gasteiger partial charge in [-0.1, -0.05) is 20.8 Å². The van der Waals surface area contributed by atoms with Crippen molar-refractivity contribution in [3.8, 4) is 0 Å². The minimum atomic E-state index is 0.779. The predicted octanol–water partition coefficient (Wildman–Crippen LogP) is 2.74. The fourth-order valence-electron chi connectivity index (χ4n) is 3.06. The predicted molar refractivity (Wildman–Crippen MR) is 74.2 cm³/mol. The largest absolute Gasteiger partial charge is 0.312 e. The highest BCUT2D eigenvalue weighted by atomic mass is 15.2. The molecule has 0 amide bonds. The van der Waals surface area contributed by atoms with Crippen molar-refractivity contribution in [1.29, 1.82) is 0 Å². The van der Waals surface area contributed by atoms with Gasteiger partial charge >= 0.3 is 0 Å². The number of rotatable bonds is 7. The lowest BCUT2D eigenvalue weighted by Gasteiger charge is -2.25. The average Bonchev–Trinajstić information content (AvgIpc) is 3.04. The molecule has 2 fully saturated rings. The molecule has 2 atom stereocenters. The fraction of sp³-hybridized carbons (Fsp3) is 1.00. The molecule has 1 N–H and O–H groups in total. The molecular formula is C15H30N2. The molecule has 1 heterocycles. The zero-order valence-corrected chi connectivity index (χ0v) is 11.9. The van der Waals surface area contributed by atoms with Crippen LogP contribution in [0.2, 0.25) is 0 Å². The van der Waals surface area contributed by atoms with E-state index in [4.69, 9.17) is 0 Å². The maximum atomic E-state index is 3.76. The zero-order valence-electron chi connectivity index (χ0n) is 11.9. The van der Waals surface area contributed by atoms with Gasteiger partial charge in [0.05, 0.1) is 0 Å². The van der Waals surface area contributed by atoms with Crippen molar-refractivity contribution in [3.05, 3.63) is 0 Å².